The average Bonchev–Trinajstić information content (AvgIpc) is 2.07. The van der Waals surface area contributed by atoms with E-state index < -0.39 is 12.1 Å². The van der Waals surface area contributed by atoms with Crippen molar-refractivity contribution in [3.05, 3.63) is 0 Å². The molecule has 0 aromatic carbocycles. The monoisotopic (exact) mass is 210 g/mol. The summed E-state index contributed by atoms with van der Waals surface area (Å²) in [5.74, 6) is -1.88. The van der Waals surface area contributed by atoms with Gasteiger partial charge in [0.25, 0.3) is 0 Å². The number of carbonyl (C=O) groups is 1. The lowest BCUT2D eigenvalue weighted by Crippen LogP contribution is -2.53. The summed E-state index contributed by atoms with van der Waals surface area (Å²) < 4.78 is 35.7. The Kier molecular flexibility index (Phi) is 3.36. The molecule has 1 atom stereocenters. The van der Waals surface area contributed by atoms with Gasteiger partial charge in [0, 0.05) is 12.6 Å². The summed E-state index contributed by atoms with van der Waals surface area (Å²) in [6.07, 6.45) is -2.16. The number of alkyl halides is 3. The highest BCUT2D eigenvalue weighted by Crippen LogP contribution is 2.18. The van der Waals surface area contributed by atoms with Crippen LogP contribution in [0.15, 0.2) is 0 Å². The molecular formula is C8H13F3N2O. The minimum Gasteiger partial charge on any atom is -0.281 e. The molecule has 0 unspecified atom stereocenters. The van der Waals surface area contributed by atoms with E-state index in [2.05, 4.69) is 0 Å². The van der Waals surface area contributed by atoms with Crippen molar-refractivity contribution < 1.29 is 18.0 Å². The zero-order valence-corrected chi connectivity index (χ0v) is 7.90. The summed E-state index contributed by atoms with van der Waals surface area (Å²) in [7, 11) is 0. The normalized spacial score (nSPS) is 24.7. The summed E-state index contributed by atoms with van der Waals surface area (Å²) in [4.78, 5) is 10.6. The van der Waals surface area contributed by atoms with Crippen LogP contribution in [0.4, 0.5) is 13.2 Å². The number of halogens is 3. The largest absolute Gasteiger partial charge is 0.472 e. The molecule has 1 fully saturated rings. The first kappa shape index (κ1) is 11.3. The van der Waals surface area contributed by atoms with Crippen LogP contribution in [0, 0.1) is 0 Å². The van der Waals surface area contributed by atoms with Crippen molar-refractivity contribution in [2.45, 2.75) is 38.4 Å². The minimum absolute atomic E-state index is 0.0185. The Morgan fingerprint density at radius 3 is 2.57 bits per heavy atom. The van der Waals surface area contributed by atoms with Crippen LogP contribution >= 0.6 is 0 Å². The zero-order valence-electron chi connectivity index (χ0n) is 7.90. The number of rotatable bonds is 1. The molecule has 1 N–H and O–H groups in total. The summed E-state index contributed by atoms with van der Waals surface area (Å²) in [6.45, 7) is 2.29. The van der Waals surface area contributed by atoms with Crippen LogP contribution in [-0.2, 0) is 4.79 Å². The van der Waals surface area contributed by atoms with Crippen molar-refractivity contribution in [1.82, 2.24) is 10.4 Å². The molecule has 1 aliphatic heterocycles. The van der Waals surface area contributed by atoms with Crippen molar-refractivity contribution in [2.24, 2.45) is 0 Å². The molecule has 3 nitrogen and oxygen atoms in total. The highest BCUT2D eigenvalue weighted by molar-refractivity contribution is 5.81. The van der Waals surface area contributed by atoms with Gasteiger partial charge in [-0.1, -0.05) is 6.42 Å². The van der Waals surface area contributed by atoms with E-state index in [1.54, 1.807) is 6.92 Å². The molecule has 1 rings (SSSR count). The van der Waals surface area contributed by atoms with E-state index in [0.717, 1.165) is 19.3 Å². The Morgan fingerprint density at radius 1 is 1.43 bits per heavy atom. The van der Waals surface area contributed by atoms with Crippen LogP contribution in [-0.4, -0.2) is 29.7 Å². The molecule has 1 amide bonds. The summed E-state index contributed by atoms with van der Waals surface area (Å²) in [6, 6.07) is -0.0185. The first-order valence-corrected chi connectivity index (χ1v) is 4.55. The van der Waals surface area contributed by atoms with Crippen molar-refractivity contribution in [1.29, 1.82) is 0 Å². The molecule has 0 radical (unpaired) electrons. The predicted molar refractivity (Wildman–Crippen MR) is 44.2 cm³/mol. The molecule has 0 aromatic rings. The molecule has 1 aliphatic rings. The van der Waals surface area contributed by atoms with Crippen molar-refractivity contribution in [3.8, 4) is 0 Å². The molecule has 6 heteroatoms. The quantitative estimate of drug-likeness (QED) is 0.710. The maximum atomic E-state index is 11.9. The lowest BCUT2D eigenvalue weighted by atomic mass is 10.1. The van der Waals surface area contributed by atoms with Gasteiger partial charge in [-0.25, -0.2) is 5.01 Å². The van der Waals surface area contributed by atoms with Gasteiger partial charge in [-0.05, 0) is 19.8 Å². The number of carbonyl (C=O) groups excluding carboxylic acids is 1. The minimum atomic E-state index is -4.79. The van der Waals surface area contributed by atoms with Gasteiger partial charge in [0.05, 0.1) is 0 Å². The zero-order chi connectivity index (χ0) is 10.8. The molecule has 0 aliphatic carbocycles. The van der Waals surface area contributed by atoms with E-state index in [1.165, 1.54) is 5.01 Å². The highest BCUT2D eigenvalue weighted by Gasteiger charge is 2.40. The van der Waals surface area contributed by atoms with Gasteiger partial charge in [-0.2, -0.15) is 13.2 Å². The van der Waals surface area contributed by atoms with Crippen LogP contribution in [0.5, 0.6) is 0 Å². The fraction of sp³-hybridized carbons (Fsp3) is 0.875. The second-order valence-corrected chi connectivity index (χ2v) is 3.48. The topological polar surface area (TPSA) is 32.3 Å². The van der Waals surface area contributed by atoms with Gasteiger partial charge < -0.3 is 0 Å². The number of piperidine rings is 1. The number of hydrogen-bond acceptors (Lipinski definition) is 2. The van der Waals surface area contributed by atoms with Crippen LogP contribution in [0.3, 0.4) is 0 Å². The first-order valence-electron chi connectivity index (χ1n) is 4.55. The fourth-order valence-corrected chi connectivity index (χ4v) is 1.46. The molecule has 0 saturated carbocycles. The van der Waals surface area contributed by atoms with Crippen LogP contribution in [0.2, 0.25) is 0 Å². The molecule has 1 saturated heterocycles. The lowest BCUT2D eigenvalue weighted by molar-refractivity contribution is -0.180. The Labute approximate surface area is 80.2 Å². The third-order valence-corrected chi connectivity index (χ3v) is 2.31. The summed E-state index contributed by atoms with van der Waals surface area (Å²) in [5.41, 5.74) is 1.88. The summed E-state index contributed by atoms with van der Waals surface area (Å²) >= 11 is 0. The maximum absolute atomic E-state index is 11.9. The van der Waals surface area contributed by atoms with E-state index >= 15 is 0 Å². The molecule has 82 valence electrons. The van der Waals surface area contributed by atoms with E-state index in [9.17, 15) is 18.0 Å². The van der Waals surface area contributed by atoms with Crippen LogP contribution in [0.1, 0.15) is 26.2 Å². The van der Waals surface area contributed by atoms with Gasteiger partial charge >= 0.3 is 12.1 Å². The first-order chi connectivity index (χ1) is 6.41. The van der Waals surface area contributed by atoms with Gasteiger partial charge in [-0.3, -0.25) is 10.2 Å². The lowest BCUT2D eigenvalue weighted by Gasteiger charge is -2.33. The van der Waals surface area contributed by atoms with Gasteiger partial charge in [0.15, 0.2) is 0 Å². The van der Waals surface area contributed by atoms with Gasteiger partial charge in [-0.15, -0.1) is 0 Å². The van der Waals surface area contributed by atoms with E-state index in [0.29, 0.717) is 6.54 Å². The predicted octanol–water partition coefficient (Wildman–Crippen LogP) is 1.45. The van der Waals surface area contributed by atoms with Crippen LogP contribution < -0.4 is 5.43 Å². The highest BCUT2D eigenvalue weighted by atomic mass is 19.4. The molecule has 0 bridgehead atoms. The second kappa shape index (κ2) is 4.16. The number of amides is 1. The van der Waals surface area contributed by atoms with E-state index in [1.807, 2.05) is 5.43 Å². The van der Waals surface area contributed by atoms with Crippen molar-refractivity contribution >= 4 is 5.91 Å². The SMILES string of the molecule is C[C@@H]1CCCCN1NC(=O)C(F)(F)F. The van der Waals surface area contributed by atoms with E-state index in [-0.39, 0.29) is 6.04 Å². The Balaban J connectivity index is 2.46. The Hall–Kier alpha value is -0.780. The third-order valence-electron chi connectivity index (χ3n) is 2.31. The number of nitrogens with zero attached hydrogens (tertiary/aromatic N) is 1. The third kappa shape index (κ3) is 2.87. The fourth-order valence-electron chi connectivity index (χ4n) is 1.46. The molecule has 14 heavy (non-hydrogen) atoms. The number of hydrazine groups is 1. The standard InChI is InChI=1S/C8H13F3N2O/c1-6-4-2-3-5-13(6)12-7(14)8(9,10)11/h6H,2-5H2,1H3,(H,12,14)/t6-/m1/s1. The number of nitrogens with one attached hydrogen (secondary N) is 1. The Morgan fingerprint density at radius 2 is 2.07 bits per heavy atom. The number of hydrogen-bond donors (Lipinski definition) is 1. The second-order valence-electron chi connectivity index (χ2n) is 3.48. The maximum Gasteiger partial charge on any atom is 0.472 e. The molecule has 0 aromatic heterocycles. The van der Waals surface area contributed by atoms with Crippen molar-refractivity contribution in [2.75, 3.05) is 6.54 Å². The average molecular weight is 210 g/mol. The molecular weight excluding hydrogens is 197 g/mol. The van der Waals surface area contributed by atoms with Crippen LogP contribution in [0.25, 0.3) is 0 Å². The summed E-state index contributed by atoms with van der Waals surface area (Å²) in [5, 5.41) is 1.36. The smallest absolute Gasteiger partial charge is 0.281 e. The van der Waals surface area contributed by atoms with E-state index in [4.69, 9.17) is 0 Å². The molecule has 1 heterocycles. The van der Waals surface area contributed by atoms with Gasteiger partial charge in [0.2, 0.25) is 0 Å². The Bertz CT molecular complexity index is 217. The van der Waals surface area contributed by atoms with Crippen molar-refractivity contribution in [3.63, 3.8) is 0 Å². The molecule has 0 spiro atoms. The van der Waals surface area contributed by atoms with Gasteiger partial charge in [0.1, 0.15) is 0 Å².